The summed E-state index contributed by atoms with van der Waals surface area (Å²) in [6, 6.07) is 8.18. The van der Waals surface area contributed by atoms with Gasteiger partial charge in [0.25, 0.3) is 0 Å². The zero-order valence-corrected chi connectivity index (χ0v) is 12.3. The van der Waals surface area contributed by atoms with Crippen molar-refractivity contribution in [3.63, 3.8) is 0 Å². The van der Waals surface area contributed by atoms with E-state index >= 15 is 0 Å². The number of aromatic nitrogens is 3. The van der Waals surface area contributed by atoms with E-state index in [1.807, 2.05) is 12.1 Å². The molecule has 108 valence electrons. The maximum Gasteiger partial charge on any atom is 0.137 e. The van der Waals surface area contributed by atoms with Gasteiger partial charge in [-0.3, -0.25) is 0 Å². The quantitative estimate of drug-likeness (QED) is 0.877. The number of rotatable bonds is 6. The molecule has 0 fully saturated rings. The predicted molar refractivity (Wildman–Crippen MR) is 78.6 cm³/mol. The van der Waals surface area contributed by atoms with Crippen molar-refractivity contribution < 1.29 is 4.74 Å². The molecule has 2 aromatic rings. The van der Waals surface area contributed by atoms with Crippen LogP contribution in [0.1, 0.15) is 26.3 Å². The lowest BCUT2D eigenvalue weighted by atomic mass is 10.1. The lowest BCUT2D eigenvalue weighted by Crippen LogP contribution is -2.35. The van der Waals surface area contributed by atoms with Crippen LogP contribution in [0.3, 0.4) is 0 Å². The Bertz CT molecular complexity index is 500. The van der Waals surface area contributed by atoms with Crippen molar-refractivity contribution in [1.82, 2.24) is 20.1 Å². The number of nitrogens with zero attached hydrogens (tertiary/aromatic N) is 3. The minimum Gasteiger partial charge on any atom is -0.492 e. The maximum absolute atomic E-state index is 5.67. The summed E-state index contributed by atoms with van der Waals surface area (Å²) in [6.45, 7) is 8.64. The maximum atomic E-state index is 5.67. The molecule has 2 rings (SSSR count). The third-order valence-corrected chi connectivity index (χ3v) is 2.80. The van der Waals surface area contributed by atoms with Gasteiger partial charge in [-0.2, -0.15) is 5.10 Å². The summed E-state index contributed by atoms with van der Waals surface area (Å²) < 4.78 is 7.42. The summed E-state index contributed by atoms with van der Waals surface area (Å²) in [5, 5.41) is 7.49. The van der Waals surface area contributed by atoms with Crippen molar-refractivity contribution in [2.24, 2.45) is 0 Å². The molecule has 0 aliphatic rings. The first-order valence-corrected chi connectivity index (χ1v) is 6.82. The third-order valence-electron chi connectivity index (χ3n) is 2.80. The average molecular weight is 274 g/mol. The summed E-state index contributed by atoms with van der Waals surface area (Å²) in [5.74, 6) is 0.879. The lowest BCUT2D eigenvalue weighted by molar-refractivity contribution is 0.291. The summed E-state index contributed by atoms with van der Waals surface area (Å²) in [5.41, 5.74) is 1.39. The Kier molecular flexibility index (Phi) is 4.74. The van der Waals surface area contributed by atoms with Crippen LogP contribution >= 0.6 is 0 Å². The van der Waals surface area contributed by atoms with Gasteiger partial charge in [0.2, 0.25) is 0 Å². The van der Waals surface area contributed by atoms with Crippen molar-refractivity contribution in [3.05, 3.63) is 42.5 Å². The van der Waals surface area contributed by atoms with Gasteiger partial charge in [0.1, 0.15) is 25.0 Å². The monoisotopic (exact) mass is 274 g/mol. The van der Waals surface area contributed by atoms with Crippen LogP contribution in [0.25, 0.3) is 0 Å². The molecule has 0 bridgehead atoms. The fourth-order valence-corrected chi connectivity index (χ4v) is 1.68. The minimum atomic E-state index is 0.132. The predicted octanol–water partition coefficient (Wildman–Crippen LogP) is 2.25. The molecule has 0 aliphatic heterocycles. The third kappa shape index (κ3) is 5.01. The zero-order valence-electron chi connectivity index (χ0n) is 12.3. The van der Waals surface area contributed by atoms with Gasteiger partial charge in [0.05, 0.1) is 6.54 Å². The molecule has 5 nitrogen and oxygen atoms in total. The van der Waals surface area contributed by atoms with E-state index in [1.54, 1.807) is 11.0 Å². The Labute approximate surface area is 120 Å². The van der Waals surface area contributed by atoms with Gasteiger partial charge < -0.3 is 10.1 Å². The van der Waals surface area contributed by atoms with Crippen molar-refractivity contribution in [2.75, 3.05) is 6.61 Å². The zero-order chi connectivity index (χ0) is 14.4. The first-order chi connectivity index (χ1) is 9.53. The highest BCUT2D eigenvalue weighted by Gasteiger charge is 2.08. The van der Waals surface area contributed by atoms with Crippen LogP contribution in [0, 0.1) is 0 Å². The van der Waals surface area contributed by atoms with E-state index in [2.05, 4.69) is 48.3 Å². The molecular formula is C15H22N4O. The van der Waals surface area contributed by atoms with E-state index in [-0.39, 0.29) is 5.54 Å². The number of nitrogens with one attached hydrogen (secondary N) is 1. The Morgan fingerprint density at radius 2 is 1.95 bits per heavy atom. The Hall–Kier alpha value is -1.88. The van der Waals surface area contributed by atoms with Crippen LogP contribution in [-0.2, 0) is 13.1 Å². The van der Waals surface area contributed by atoms with Crippen molar-refractivity contribution in [1.29, 1.82) is 0 Å². The highest BCUT2D eigenvalue weighted by molar-refractivity contribution is 5.27. The molecule has 0 radical (unpaired) electrons. The Balaban J connectivity index is 1.76. The van der Waals surface area contributed by atoms with Crippen LogP contribution in [0.4, 0.5) is 0 Å². The number of hydrogen-bond acceptors (Lipinski definition) is 4. The van der Waals surface area contributed by atoms with Crippen LogP contribution in [0.5, 0.6) is 5.75 Å². The molecule has 1 N–H and O–H groups in total. The molecule has 1 heterocycles. The van der Waals surface area contributed by atoms with Gasteiger partial charge in [-0.25, -0.2) is 9.67 Å². The molecule has 5 heteroatoms. The molecule has 0 amide bonds. The minimum absolute atomic E-state index is 0.132. The molecular weight excluding hydrogens is 252 g/mol. The van der Waals surface area contributed by atoms with E-state index in [9.17, 15) is 0 Å². The largest absolute Gasteiger partial charge is 0.492 e. The average Bonchev–Trinajstić information content (AvgIpc) is 2.90. The first-order valence-electron chi connectivity index (χ1n) is 6.82. The molecule has 0 spiro atoms. The Morgan fingerprint density at radius 1 is 1.20 bits per heavy atom. The van der Waals surface area contributed by atoms with Gasteiger partial charge >= 0.3 is 0 Å². The van der Waals surface area contributed by atoms with Gasteiger partial charge in [-0.15, -0.1) is 0 Å². The lowest BCUT2D eigenvalue weighted by Gasteiger charge is -2.20. The SMILES string of the molecule is CC(C)(C)NCc1ccc(OCCn2cncn2)cc1. The second-order valence-corrected chi connectivity index (χ2v) is 5.75. The van der Waals surface area contributed by atoms with Crippen LogP contribution in [0.15, 0.2) is 36.9 Å². The smallest absolute Gasteiger partial charge is 0.137 e. The number of hydrogen-bond donors (Lipinski definition) is 1. The van der Waals surface area contributed by atoms with Crippen molar-refractivity contribution in [3.8, 4) is 5.75 Å². The molecule has 0 saturated heterocycles. The topological polar surface area (TPSA) is 52.0 Å². The standard InChI is InChI=1S/C15H22N4O/c1-15(2,3)17-10-13-4-6-14(7-5-13)20-9-8-19-12-16-11-18-19/h4-7,11-12,17H,8-10H2,1-3H3. The van der Waals surface area contributed by atoms with Crippen molar-refractivity contribution >= 4 is 0 Å². The number of benzene rings is 1. The molecule has 1 aromatic heterocycles. The highest BCUT2D eigenvalue weighted by atomic mass is 16.5. The van der Waals surface area contributed by atoms with Crippen LogP contribution in [-0.4, -0.2) is 26.9 Å². The number of ether oxygens (including phenoxy) is 1. The van der Waals surface area contributed by atoms with E-state index in [1.165, 1.54) is 11.9 Å². The van der Waals surface area contributed by atoms with Gasteiger partial charge in [-0.05, 0) is 38.5 Å². The first kappa shape index (κ1) is 14.5. The fourth-order valence-electron chi connectivity index (χ4n) is 1.68. The van der Waals surface area contributed by atoms with Gasteiger partial charge in [0.15, 0.2) is 0 Å². The molecule has 0 atom stereocenters. The second-order valence-electron chi connectivity index (χ2n) is 5.75. The molecule has 0 aliphatic carbocycles. The van der Waals surface area contributed by atoms with E-state index < -0.39 is 0 Å². The summed E-state index contributed by atoms with van der Waals surface area (Å²) in [4.78, 5) is 3.89. The van der Waals surface area contributed by atoms with Gasteiger partial charge in [0, 0.05) is 12.1 Å². The molecule has 20 heavy (non-hydrogen) atoms. The van der Waals surface area contributed by atoms with E-state index in [4.69, 9.17) is 4.74 Å². The second kappa shape index (κ2) is 6.52. The highest BCUT2D eigenvalue weighted by Crippen LogP contribution is 2.13. The molecule has 0 unspecified atom stereocenters. The molecule has 0 saturated carbocycles. The normalized spacial score (nSPS) is 11.6. The van der Waals surface area contributed by atoms with Crippen LogP contribution in [0.2, 0.25) is 0 Å². The summed E-state index contributed by atoms with van der Waals surface area (Å²) in [6.07, 6.45) is 3.21. The summed E-state index contributed by atoms with van der Waals surface area (Å²) in [7, 11) is 0. The van der Waals surface area contributed by atoms with Crippen molar-refractivity contribution in [2.45, 2.75) is 39.4 Å². The van der Waals surface area contributed by atoms with E-state index in [0.29, 0.717) is 13.2 Å². The Morgan fingerprint density at radius 3 is 2.55 bits per heavy atom. The van der Waals surface area contributed by atoms with Gasteiger partial charge in [-0.1, -0.05) is 12.1 Å². The molecule has 1 aromatic carbocycles. The summed E-state index contributed by atoms with van der Waals surface area (Å²) >= 11 is 0. The van der Waals surface area contributed by atoms with E-state index in [0.717, 1.165) is 12.3 Å². The fraction of sp³-hybridized carbons (Fsp3) is 0.467. The van der Waals surface area contributed by atoms with Crippen LogP contribution < -0.4 is 10.1 Å².